The minimum Gasteiger partial charge on any atom is -0.454 e. The second-order valence-corrected chi connectivity index (χ2v) is 7.41. The Kier molecular flexibility index (Phi) is 9.98. The molecule has 0 bridgehead atoms. The van der Waals surface area contributed by atoms with Crippen LogP contribution in [0.3, 0.4) is 0 Å². The number of carbonyl (C=O) groups is 1. The Hall–Kier alpha value is -2.49. The van der Waals surface area contributed by atoms with Crippen LogP contribution in [0, 0.1) is 5.92 Å². The molecule has 1 heterocycles. The van der Waals surface area contributed by atoms with Gasteiger partial charge >= 0.3 is 0 Å². The van der Waals surface area contributed by atoms with Crippen molar-refractivity contribution in [2.45, 2.75) is 52.4 Å². The lowest BCUT2D eigenvalue weighted by Gasteiger charge is -2.04. The van der Waals surface area contributed by atoms with Crippen molar-refractivity contribution >= 4 is 12.0 Å². The molecule has 4 nitrogen and oxygen atoms in total. The van der Waals surface area contributed by atoms with Gasteiger partial charge in [0.2, 0.25) is 12.7 Å². The van der Waals surface area contributed by atoms with Crippen molar-refractivity contribution < 1.29 is 14.3 Å². The molecule has 0 radical (unpaired) electrons. The van der Waals surface area contributed by atoms with Crippen molar-refractivity contribution in [3.8, 4) is 11.5 Å². The zero-order chi connectivity index (χ0) is 20.0. The SMILES string of the molecule is CC(C)CCNC(=O)/C=C/C=C/CCCCC/C=C/c1ccc2c(c1)OCO2. The summed E-state index contributed by atoms with van der Waals surface area (Å²) in [6, 6.07) is 6.02. The molecule has 1 aromatic carbocycles. The Labute approximate surface area is 169 Å². The number of carbonyl (C=O) groups excluding carboxylic acids is 1. The van der Waals surface area contributed by atoms with Crippen LogP contribution in [0.2, 0.25) is 0 Å². The molecule has 0 aliphatic carbocycles. The van der Waals surface area contributed by atoms with E-state index in [1.807, 2.05) is 30.4 Å². The van der Waals surface area contributed by atoms with E-state index in [0.717, 1.165) is 42.9 Å². The normalized spacial score (nSPS) is 13.4. The Balaban J connectivity index is 1.48. The molecule has 152 valence electrons. The fourth-order valence-corrected chi connectivity index (χ4v) is 2.80. The average Bonchev–Trinajstić information content (AvgIpc) is 3.13. The lowest BCUT2D eigenvalue weighted by molar-refractivity contribution is -0.116. The Morgan fingerprint density at radius 2 is 1.86 bits per heavy atom. The van der Waals surface area contributed by atoms with E-state index in [-0.39, 0.29) is 5.91 Å². The Morgan fingerprint density at radius 1 is 1.07 bits per heavy atom. The van der Waals surface area contributed by atoms with E-state index in [0.29, 0.717) is 12.7 Å². The summed E-state index contributed by atoms with van der Waals surface area (Å²) in [5, 5.41) is 2.89. The van der Waals surface area contributed by atoms with Gasteiger partial charge in [0.1, 0.15) is 0 Å². The van der Waals surface area contributed by atoms with Gasteiger partial charge in [0.15, 0.2) is 11.5 Å². The monoisotopic (exact) mass is 383 g/mol. The van der Waals surface area contributed by atoms with Crippen LogP contribution in [0.1, 0.15) is 57.9 Å². The van der Waals surface area contributed by atoms with E-state index in [1.165, 1.54) is 19.3 Å². The van der Waals surface area contributed by atoms with Gasteiger partial charge in [-0.3, -0.25) is 4.79 Å². The number of hydrogen-bond donors (Lipinski definition) is 1. The molecule has 1 aliphatic rings. The first-order chi connectivity index (χ1) is 13.6. The average molecular weight is 384 g/mol. The van der Waals surface area contributed by atoms with Crippen LogP contribution in [-0.2, 0) is 4.79 Å². The van der Waals surface area contributed by atoms with Crippen molar-refractivity contribution in [2.75, 3.05) is 13.3 Å². The van der Waals surface area contributed by atoms with Gasteiger partial charge in [-0.05, 0) is 55.7 Å². The van der Waals surface area contributed by atoms with Gasteiger partial charge in [0.25, 0.3) is 0 Å². The van der Waals surface area contributed by atoms with E-state index < -0.39 is 0 Å². The van der Waals surface area contributed by atoms with Crippen molar-refractivity contribution in [3.63, 3.8) is 0 Å². The number of allylic oxidation sites excluding steroid dienone is 4. The topological polar surface area (TPSA) is 47.6 Å². The minimum absolute atomic E-state index is 0.0143. The van der Waals surface area contributed by atoms with Gasteiger partial charge in [-0.25, -0.2) is 0 Å². The molecular formula is C24H33NO3. The molecule has 28 heavy (non-hydrogen) atoms. The van der Waals surface area contributed by atoms with Gasteiger partial charge < -0.3 is 14.8 Å². The number of unbranched alkanes of at least 4 members (excludes halogenated alkanes) is 4. The third kappa shape index (κ3) is 8.94. The number of hydrogen-bond acceptors (Lipinski definition) is 3. The lowest BCUT2D eigenvalue weighted by Crippen LogP contribution is -2.23. The number of ether oxygens (including phenoxy) is 2. The zero-order valence-electron chi connectivity index (χ0n) is 17.2. The number of rotatable bonds is 12. The summed E-state index contributed by atoms with van der Waals surface area (Å²) in [6.07, 6.45) is 18.5. The Morgan fingerprint density at radius 3 is 2.68 bits per heavy atom. The van der Waals surface area contributed by atoms with Crippen LogP contribution in [0.25, 0.3) is 6.08 Å². The maximum absolute atomic E-state index is 11.6. The maximum atomic E-state index is 11.6. The van der Waals surface area contributed by atoms with Gasteiger partial charge in [-0.15, -0.1) is 0 Å². The molecule has 1 aliphatic heterocycles. The van der Waals surface area contributed by atoms with Crippen LogP contribution >= 0.6 is 0 Å². The molecule has 0 saturated heterocycles. The van der Waals surface area contributed by atoms with Crippen molar-refractivity contribution in [3.05, 3.63) is 54.1 Å². The molecule has 0 saturated carbocycles. The van der Waals surface area contributed by atoms with Gasteiger partial charge in [-0.2, -0.15) is 0 Å². The van der Waals surface area contributed by atoms with Gasteiger partial charge in [0, 0.05) is 12.6 Å². The molecule has 0 unspecified atom stereocenters. The van der Waals surface area contributed by atoms with Crippen LogP contribution in [0.5, 0.6) is 11.5 Å². The molecule has 0 fully saturated rings. The minimum atomic E-state index is -0.0143. The van der Waals surface area contributed by atoms with E-state index >= 15 is 0 Å². The lowest BCUT2D eigenvalue weighted by atomic mass is 10.1. The third-order valence-electron chi connectivity index (χ3n) is 4.46. The molecule has 1 amide bonds. The second kappa shape index (κ2) is 12.8. The number of nitrogens with one attached hydrogen (secondary N) is 1. The standard InChI is InChI=1S/C24H33NO3/c1-20(2)16-17-25-24(26)13-11-9-7-5-3-4-6-8-10-12-21-14-15-22-23(18-21)28-19-27-22/h7,9-15,18,20H,3-6,8,16-17,19H2,1-2H3,(H,25,26)/b9-7+,12-10+,13-11+. The van der Waals surface area contributed by atoms with Crippen LogP contribution in [0.4, 0.5) is 0 Å². The summed E-state index contributed by atoms with van der Waals surface area (Å²) < 4.78 is 10.7. The van der Waals surface area contributed by atoms with Crippen LogP contribution < -0.4 is 14.8 Å². The smallest absolute Gasteiger partial charge is 0.243 e. The van der Waals surface area contributed by atoms with Crippen molar-refractivity contribution in [1.29, 1.82) is 0 Å². The van der Waals surface area contributed by atoms with Crippen LogP contribution in [-0.4, -0.2) is 19.2 Å². The quantitative estimate of drug-likeness (QED) is 0.288. The fraction of sp³-hybridized carbons (Fsp3) is 0.458. The summed E-state index contributed by atoms with van der Waals surface area (Å²) in [5.41, 5.74) is 1.15. The molecule has 4 heteroatoms. The summed E-state index contributed by atoms with van der Waals surface area (Å²) in [5.74, 6) is 2.26. The summed E-state index contributed by atoms with van der Waals surface area (Å²) >= 11 is 0. The molecule has 1 aromatic rings. The first-order valence-corrected chi connectivity index (χ1v) is 10.3. The van der Waals surface area contributed by atoms with Crippen molar-refractivity contribution in [1.82, 2.24) is 5.32 Å². The second-order valence-electron chi connectivity index (χ2n) is 7.41. The summed E-state index contributed by atoms with van der Waals surface area (Å²) in [4.78, 5) is 11.6. The molecule has 0 spiro atoms. The highest BCUT2D eigenvalue weighted by molar-refractivity contribution is 5.87. The summed E-state index contributed by atoms with van der Waals surface area (Å²) in [6.45, 7) is 5.37. The first kappa shape index (κ1) is 21.8. The van der Waals surface area contributed by atoms with Crippen molar-refractivity contribution in [2.24, 2.45) is 5.92 Å². The predicted molar refractivity (Wildman–Crippen MR) is 115 cm³/mol. The summed E-state index contributed by atoms with van der Waals surface area (Å²) in [7, 11) is 0. The number of benzene rings is 1. The fourth-order valence-electron chi connectivity index (χ4n) is 2.80. The Bertz CT molecular complexity index is 689. The molecular weight excluding hydrogens is 350 g/mol. The largest absolute Gasteiger partial charge is 0.454 e. The van der Waals surface area contributed by atoms with Crippen LogP contribution in [0.15, 0.2) is 48.6 Å². The number of amides is 1. The predicted octanol–water partition coefficient (Wildman–Crippen LogP) is 5.65. The first-order valence-electron chi connectivity index (χ1n) is 10.3. The maximum Gasteiger partial charge on any atom is 0.243 e. The highest BCUT2D eigenvalue weighted by atomic mass is 16.7. The van der Waals surface area contributed by atoms with E-state index in [1.54, 1.807) is 6.08 Å². The molecule has 2 rings (SSSR count). The highest BCUT2D eigenvalue weighted by Crippen LogP contribution is 2.32. The molecule has 1 N–H and O–H groups in total. The number of fused-ring (bicyclic) bond motifs is 1. The molecule has 0 aromatic heterocycles. The van der Waals surface area contributed by atoms with Gasteiger partial charge in [0.05, 0.1) is 0 Å². The van der Waals surface area contributed by atoms with E-state index in [2.05, 4.69) is 37.4 Å². The zero-order valence-corrected chi connectivity index (χ0v) is 17.2. The van der Waals surface area contributed by atoms with E-state index in [9.17, 15) is 4.79 Å². The van der Waals surface area contributed by atoms with E-state index in [4.69, 9.17) is 9.47 Å². The highest BCUT2D eigenvalue weighted by Gasteiger charge is 2.11. The van der Waals surface area contributed by atoms with Gasteiger partial charge in [-0.1, -0.05) is 56.7 Å². The molecule has 0 atom stereocenters. The third-order valence-corrected chi connectivity index (χ3v) is 4.46.